The van der Waals surface area contributed by atoms with Gasteiger partial charge in [0.1, 0.15) is 17.5 Å². The van der Waals surface area contributed by atoms with Crippen molar-refractivity contribution in [1.29, 1.82) is 0 Å². The summed E-state index contributed by atoms with van der Waals surface area (Å²) in [7, 11) is 1.86. The van der Waals surface area contributed by atoms with Crippen LogP contribution in [0.25, 0.3) is 11.0 Å². The third-order valence-corrected chi connectivity index (χ3v) is 8.74. The van der Waals surface area contributed by atoms with Crippen LogP contribution in [0, 0.1) is 28.3 Å². The van der Waals surface area contributed by atoms with Gasteiger partial charge >= 0.3 is 11.9 Å². The van der Waals surface area contributed by atoms with Gasteiger partial charge in [0.05, 0.1) is 17.1 Å². The van der Waals surface area contributed by atoms with Gasteiger partial charge in [0, 0.05) is 10.6 Å². The molecule has 9 heteroatoms. The molecular weight excluding hydrogens is 631 g/mol. The summed E-state index contributed by atoms with van der Waals surface area (Å²) in [6.07, 6.45) is 5.00. The Labute approximate surface area is 255 Å². The van der Waals surface area contributed by atoms with E-state index in [4.69, 9.17) is 14.5 Å². The summed E-state index contributed by atoms with van der Waals surface area (Å²) in [6.45, 7) is 9.39. The van der Waals surface area contributed by atoms with Crippen LogP contribution in [0.15, 0.2) is 24.3 Å². The van der Waals surface area contributed by atoms with Crippen LogP contribution in [0.4, 0.5) is 11.5 Å². The highest BCUT2D eigenvalue weighted by molar-refractivity contribution is 14.1. The molecule has 216 valence electrons. The van der Waals surface area contributed by atoms with Crippen LogP contribution in [0.5, 0.6) is 5.88 Å². The molecular formula is C32H37IN4O4. The minimum absolute atomic E-state index is 0.0822. The molecule has 2 aromatic heterocycles. The second kappa shape index (κ2) is 11.6. The van der Waals surface area contributed by atoms with Crippen molar-refractivity contribution < 1.29 is 19.1 Å². The smallest absolute Gasteiger partial charge is 0.309 e. The van der Waals surface area contributed by atoms with Crippen LogP contribution in [-0.2, 0) is 21.4 Å². The van der Waals surface area contributed by atoms with E-state index in [0.717, 1.165) is 48.0 Å². The zero-order valence-corrected chi connectivity index (χ0v) is 26.7. The molecule has 2 saturated carbocycles. The van der Waals surface area contributed by atoms with Crippen molar-refractivity contribution in [3.63, 3.8) is 0 Å². The summed E-state index contributed by atoms with van der Waals surface area (Å²) in [5.74, 6) is 6.26. The molecule has 2 fully saturated rings. The van der Waals surface area contributed by atoms with Gasteiger partial charge in [-0.15, -0.1) is 5.10 Å². The molecule has 0 aliphatic heterocycles. The first-order valence-corrected chi connectivity index (χ1v) is 15.3. The highest BCUT2D eigenvalue weighted by Crippen LogP contribution is 2.47. The minimum atomic E-state index is -0.491. The Morgan fingerprint density at radius 3 is 2.44 bits per heavy atom. The van der Waals surface area contributed by atoms with Crippen LogP contribution in [0.2, 0.25) is 0 Å². The second-order valence-corrected chi connectivity index (χ2v) is 13.2. The molecule has 0 radical (unpaired) electrons. The number of hydrogen-bond donors (Lipinski definition) is 0. The molecule has 41 heavy (non-hydrogen) atoms. The second-order valence-electron chi connectivity index (χ2n) is 12.0. The molecule has 8 nitrogen and oxygen atoms in total. The number of esters is 1. The van der Waals surface area contributed by atoms with Gasteiger partial charge in [0.25, 0.3) is 5.88 Å². The van der Waals surface area contributed by atoms with E-state index >= 15 is 0 Å². The van der Waals surface area contributed by atoms with E-state index in [-0.39, 0.29) is 23.9 Å². The minimum Gasteiger partial charge on any atom is -0.472 e. The highest BCUT2D eigenvalue weighted by Gasteiger charge is 2.33. The van der Waals surface area contributed by atoms with Crippen molar-refractivity contribution >= 4 is 57.0 Å². The number of aryl methyl sites for hydroxylation is 2. The highest BCUT2D eigenvalue weighted by atomic mass is 127. The lowest BCUT2D eigenvalue weighted by molar-refractivity contribution is -0.161. The number of fused-ring (bicyclic) bond motifs is 1. The number of anilines is 2. The predicted molar refractivity (Wildman–Crippen MR) is 167 cm³/mol. The molecule has 0 saturated heterocycles. The zero-order valence-electron chi connectivity index (χ0n) is 24.6. The zero-order chi connectivity index (χ0) is 29.5. The topological polar surface area (TPSA) is 86.6 Å². The van der Waals surface area contributed by atoms with Crippen molar-refractivity contribution in [3.05, 3.63) is 39.0 Å². The summed E-state index contributed by atoms with van der Waals surface area (Å²) in [4.78, 5) is 32.6. The van der Waals surface area contributed by atoms with Gasteiger partial charge in [0.2, 0.25) is 0 Å². The first-order chi connectivity index (χ1) is 19.4. The number of benzene rings is 1. The maximum atomic E-state index is 13.5. The van der Waals surface area contributed by atoms with Crippen molar-refractivity contribution in [1.82, 2.24) is 14.8 Å². The van der Waals surface area contributed by atoms with Crippen molar-refractivity contribution in [2.75, 3.05) is 4.90 Å². The third kappa shape index (κ3) is 6.53. The summed E-state index contributed by atoms with van der Waals surface area (Å²) in [5, 5.41) is 4.63. The number of carbonyl (C=O) groups is 2. The quantitative estimate of drug-likeness (QED) is 0.165. The third-order valence-electron chi connectivity index (χ3n) is 7.57. The number of ether oxygens (including phenoxy) is 2. The predicted octanol–water partition coefficient (Wildman–Crippen LogP) is 6.73. The van der Waals surface area contributed by atoms with Crippen LogP contribution in [0.1, 0.15) is 83.3 Å². The summed E-state index contributed by atoms with van der Waals surface area (Å²) in [6, 6.07) is 8.03. The van der Waals surface area contributed by atoms with Crippen LogP contribution >= 0.6 is 22.6 Å². The van der Waals surface area contributed by atoms with Gasteiger partial charge in [-0.1, -0.05) is 5.92 Å². The lowest BCUT2D eigenvalue weighted by Gasteiger charge is -2.29. The summed E-state index contributed by atoms with van der Waals surface area (Å²) in [5.41, 5.74) is 3.99. The molecule has 2 aliphatic rings. The maximum Gasteiger partial charge on any atom is 0.309 e. The van der Waals surface area contributed by atoms with E-state index < -0.39 is 5.60 Å². The molecule has 0 bridgehead atoms. The fourth-order valence-electron chi connectivity index (χ4n) is 5.36. The van der Waals surface area contributed by atoms with Gasteiger partial charge in [-0.05, 0) is 143 Å². The molecule has 0 unspecified atom stereocenters. The lowest BCUT2D eigenvalue weighted by atomic mass is 9.87. The number of carbonyl (C=O) groups excluding carboxylic acids is 2. The molecule has 1 amide bonds. The lowest BCUT2D eigenvalue weighted by Crippen LogP contribution is -2.33. The van der Waals surface area contributed by atoms with Crippen molar-refractivity contribution in [3.8, 4) is 17.7 Å². The van der Waals surface area contributed by atoms with Crippen molar-refractivity contribution in [2.45, 2.75) is 90.8 Å². The largest absolute Gasteiger partial charge is 0.472 e. The van der Waals surface area contributed by atoms with Gasteiger partial charge in [-0.2, -0.15) is 0 Å². The van der Waals surface area contributed by atoms with Crippen LogP contribution in [-0.4, -0.2) is 38.3 Å². The number of pyridine rings is 1. The monoisotopic (exact) mass is 668 g/mol. The van der Waals surface area contributed by atoms with E-state index in [9.17, 15) is 9.59 Å². The Hall–Kier alpha value is -3.13. The molecule has 2 heterocycles. The SMILES string of the molecule is CC#CC(=O)N(c1ccc2c(n1)c(O[C@H]1CC[C@H](C(=O)OC(C)(C)C)CC1)nn2C)c1cc(C)c(I)cc1C1CC1. The molecule has 3 aromatic rings. The molecule has 0 spiro atoms. The number of halogens is 1. The number of hydrogen-bond acceptors (Lipinski definition) is 6. The molecule has 5 rings (SSSR count). The number of nitrogens with zero attached hydrogens (tertiary/aromatic N) is 4. The fourth-order valence-corrected chi connectivity index (χ4v) is 5.85. The molecule has 1 aromatic carbocycles. The van der Waals surface area contributed by atoms with Crippen LogP contribution in [0.3, 0.4) is 0 Å². The molecule has 2 aliphatic carbocycles. The fraction of sp³-hybridized carbons (Fsp3) is 0.500. The van der Waals surface area contributed by atoms with Gasteiger partial charge in [-0.3, -0.25) is 19.2 Å². The van der Waals surface area contributed by atoms with Gasteiger partial charge < -0.3 is 9.47 Å². The summed E-state index contributed by atoms with van der Waals surface area (Å²) < 4.78 is 14.9. The van der Waals surface area contributed by atoms with Crippen molar-refractivity contribution in [2.24, 2.45) is 13.0 Å². The van der Waals surface area contributed by atoms with Crippen LogP contribution < -0.4 is 9.64 Å². The summed E-state index contributed by atoms with van der Waals surface area (Å²) >= 11 is 2.35. The normalized spacial score (nSPS) is 18.9. The van der Waals surface area contributed by atoms with Gasteiger partial charge in [0.15, 0.2) is 5.52 Å². The Kier molecular flexibility index (Phi) is 8.33. The molecule has 0 N–H and O–H groups in total. The first kappa shape index (κ1) is 29.4. The average molecular weight is 669 g/mol. The van der Waals surface area contributed by atoms with Gasteiger partial charge in [-0.25, -0.2) is 4.98 Å². The standard InChI is InChI=1S/C32H37IN4O4/c1-7-8-28(38)37(26-17-19(2)24(33)18-23(26)20-9-10-20)27-16-15-25-29(34-27)30(35-36(25)6)40-22-13-11-21(12-14-22)31(39)41-32(3,4)5/h15-18,20-22H,9-14H2,1-6H3/t21-,22-. The number of rotatable bonds is 6. The Balaban J connectivity index is 1.45. The van der Waals surface area contributed by atoms with E-state index in [1.807, 2.05) is 40.0 Å². The van der Waals surface area contributed by atoms with E-state index in [2.05, 4.69) is 58.6 Å². The number of amides is 1. The Morgan fingerprint density at radius 1 is 1.10 bits per heavy atom. The van der Waals surface area contributed by atoms with E-state index in [1.165, 1.54) is 3.57 Å². The maximum absolute atomic E-state index is 13.5. The van der Waals surface area contributed by atoms with E-state index in [1.54, 1.807) is 16.5 Å². The molecule has 0 atom stereocenters. The Bertz CT molecular complexity index is 1550. The Morgan fingerprint density at radius 2 is 1.80 bits per heavy atom. The number of aromatic nitrogens is 3. The first-order valence-electron chi connectivity index (χ1n) is 14.2. The van der Waals surface area contributed by atoms with E-state index in [0.29, 0.717) is 36.0 Å². The average Bonchev–Trinajstić information content (AvgIpc) is 3.70.